The minimum atomic E-state index is -0.225. The van der Waals surface area contributed by atoms with Crippen molar-refractivity contribution >= 4 is 28.3 Å². The van der Waals surface area contributed by atoms with E-state index in [0.717, 1.165) is 44.3 Å². The second-order valence-corrected chi connectivity index (χ2v) is 7.89. The maximum atomic E-state index is 12.5. The number of carbonyl (C=O) groups is 2. The Bertz CT molecular complexity index is 1110. The Morgan fingerprint density at radius 1 is 0.871 bits per heavy atom. The van der Waals surface area contributed by atoms with Crippen LogP contribution in [0.25, 0.3) is 10.8 Å². The van der Waals surface area contributed by atoms with Crippen LogP contribution in [0, 0.1) is 27.7 Å². The van der Waals surface area contributed by atoms with E-state index in [1.54, 1.807) is 0 Å². The zero-order chi connectivity index (χ0) is 22.5. The second kappa shape index (κ2) is 9.65. The van der Waals surface area contributed by atoms with E-state index in [9.17, 15) is 9.59 Å². The maximum Gasteiger partial charge on any atom is 0.305 e. The molecule has 0 aliphatic rings. The van der Waals surface area contributed by atoms with Gasteiger partial charge in [-0.3, -0.25) is 9.59 Å². The van der Waals surface area contributed by atoms with Gasteiger partial charge >= 0.3 is 5.97 Å². The molecule has 5 nitrogen and oxygen atoms in total. The number of amides is 1. The summed E-state index contributed by atoms with van der Waals surface area (Å²) < 4.78 is 10.5. The van der Waals surface area contributed by atoms with Crippen molar-refractivity contribution in [3.8, 4) is 5.75 Å². The topological polar surface area (TPSA) is 64.6 Å². The molecular formula is C26H29NO4. The van der Waals surface area contributed by atoms with Crippen molar-refractivity contribution in [2.24, 2.45) is 0 Å². The molecule has 0 aliphatic heterocycles. The number of nitrogens with one attached hydrogen (secondary N) is 1. The van der Waals surface area contributed by atoms with E-state index in [1.807, 2.05) is 64.1 Å². The molecule has 1 N–H and O–H groups in total. The number of methoxy groups -OCH3 is 1. The second-order valence-electron chi connectivity index (χ2n) is 7.89. The van der Waals surface area contributed by atoms with Gasteiger partial charge in [-0.25, -0.2) is 0 Å². The van der Waals surface area contributed by atoms with Gasteiger partial charge < -0.3 is 14.8 Å². The average Bonchev–Trinajstić information content (AvgIpc) is 2.77. The number of fused-ring (bicyclic) bond motifs is 1. The largest absolute Gasteiger partial charge is 0.484 e. The Labute approximate surface area is 183 Å². The van der Waals surface area contributed by atoms with Crippen LogP contribution in [0.5, 0.6) is 5.75 Å². The number of hydrogen-bond acceptors (Lipinski definition) is 4. The van der Waals surface area contributed by atoms with Gasteiger partial charge in [0.15, 0.2) is 6.61 Å². The van der Waals surface area contributed by atoms with E-state index in [0.29, 0.717) is 18.6 Å². The Kier molecular flexibility index (Phi) is 6.95. The molecule has 0 saturated heterocycles. The first-order valence-corrected chi connectivity index (χ1v) is 10.4. The molecule has 3 aromatic rings. The fourth-order valence-electron chi connectivity index (χ4n) is 3.60. The van der Waals surface area contributed by atoms with E-state index in [-0.39, 0.29) is 18.5 Å². The highest BCUT2D eigenvalue weighted by molar-refractivity contribution is 5.94. The lowest BCUT2D eigenvalue weighted by atomic mass is 9.99. The minimum Gasteiger partial charge on any atom is -0.484 e. The highest BCUT2D eigenvalue weighted by atomic mass is 16.5. The van der Waals surface area contributed by atoms with Crippen LogP contribution >= 0.6 is 0 Å². The van der Waals surface area contributed by atoms with Crippen molar-refractivity contribution in [1.82, 2.24) is 0 Å². The maximum absolute atomic E-state index is 12.5. The molecule has 0 aromatic heterocycles. The quantitative estimate of drug-likeness (QED) is 0.535. The smallest absolute Gasteiger partial charge is 0.305 e. The predicted octanol–water partition coefficient (Wildman–Crippen LogP) is 5.20. The first-order valence-electron chi connectivity index (χ1n) is 10.4. The van der Waals surface area contributed by atoms with E-state index < -0.39 is 0 Å². The van der Waals surface area contributed by atoms with Crippen LogP contribution in [0.1, 0.15) is 34.2 Å². The molecule has 31 heavy (non-hydrogen) atoms. The van der Waals surface area contributed by atoms with E-state index in [2.05, 4.69) is 11.4 Å². The molecule has 0 fully saturated rings. The third-order valence-electron chi connectivity index (χ3n) is 5.72. The molecule has 5 heteroatoms. The molecule has 0 saturated carbocycles. The van der Waals surface area contributed by atoms with Crippen LogP contribution in [-0.2, 0) is 20.7 Å². The zero-order valence-corrected chi connectivity index (χ0v) is 18.8. The molecule has 0 heterocycles. The molecular weight excluding hydrogens is 390 g/mol. The number of hydrogen-bond donors (Lipinski definition) is 1. The summed E-state index contributed by atoms with van der Waals surface area (Å²) in [5.74, 6) is 0.210. The molecule has 3 aromatic carbocycles. The lowest BCUT2D eigenvalue weighted by molar-refractivity contribution is -0.140. The highest BCUT2D eigenvalue weighted by Gasteiger charge is 2.12. The summed E-state index contributed by atoms with van der Waals surface area (Å²) in [6.07, 6.45) is 0.959. The molecule has 0 atom stereocenters. The molecule has 0 radical (unpaired) electrons. The summed E-state index contributed by atoms with van der Waals surface area (Å²) in [7, 11) is 1.39. The fraction of sp³-hybridized carbons (Fsp3) is 0.308. The number of anilines is 1. The first kappa shape index (κ1) is 22.3. The standard InChI is InChI=1S/C26H29NO4/c1-16-12-17(2)19(4)26(18(16)3)27-24(28)15-31-23-10-9-21-8-6-20(13-22(21)14-23)7-11-25(29)30-5/h6,8-10,12-14H,7,11,15H2,1-5H3,(H,27,28). The van der Waals surface area contributed by atoms with Crippen molar-refractivity contribution < 1.29 is 19.1 Å². The van der Waals surface area contributed by atoms with Crippen LogP contribution in [0.3, 0.4) is 0 Å². The summed E-state index contributed by atoms with van der Waals surface area (Å²) in [5.41, 5.74) is 6.35. The minimum absolute atomic E-state index is 0.0700. The Morgan fingerprint density at radius 3 is 2.23 bits per heavy atom. The van der Waals surface area contributed by atoms with Crippen molar-refractivity contribution in [3.05, 3.63) is 70.3 Å². The van der Waals surface area contributed by atoms with Crippen LogP contribution in [-0.4, -0.2) is 25.6 Å². The van der Waals surface area contributed by atoms with E-state index in [1.165, 1.54) is 7.11 Å². The van der Waals surface area contributed by atoms with Crippen molar-refractivity contribution in [2.75, 3.05) is 19.0 Å². The molecule has 0 aliphatic carbocycles. The van der Waals surface area contributed by atoms with Gasteiger partial charge in [0.1, 0.15) is 5.75 Å². The van der Waals surface area contributed by atoms with Gasteiger partial charge in [-0.05, 0) is 84.8 Å². The average molecular weight is 420 g/mol. The SMILES string of the molecule is COC(=O)CCc1ccc2ccc(OCC(=O)Nc3c(C)c(C)cc(C)c3C)cc2c1. The molecule has 3 rings (SSSR count). The summed E-state index contributed by atoms with van der Waals surface area (Å²) in [4.78, 5) is 23.9. The predicted molar refractivity (Wildman–Crippen MR) is 124 cm³/mol. The van der Waals surface area contributed by atoms with Crippen LogP contribution in [0.4, 0.5) is 5.69 Å². The fourth-order valence-corrected chi connectivity index (χ4v) is 3.60. The van der Waals surface area contributed by atoms with Crippen LogP contribution < -0.4 is 10.1 Å². The lowest BCUT2D eigenvalue weighted by Gasteiger charge is -2.16. The third-order valence-corrected chi connectivity index (χ3v) is 5.72. The van der Waals surface area contributed by atoms with E-state index >= 15 is 0 Å². The summed E-state index contributed by atoms with van der Waals surface area (Å²) in [6.45, 7) is 8.04. The van der Waals surface area contributed by atoms with Gasteiger partial charge in [0.2, 0.25) is 0 Å². The van der Waals surface area contributed by atoms with Gasteiger partial charge in [-0.2, -0.15) is 0 Å². The number of carbonyl (C=O) groups excluding carboxylic acids is 2. The monoisotopic (exact) mass is 419 g/mol. The van der Waals surface area contributed by atoms with Gasteiger partial charge in [-0.1, -0.05) is 30.3 Å². The van der Waals surface area contributed by atoms with Gasteiger partial charge in [0, 0.05) is 12.1 Å². The normalized spacial score (nSPS) is 10.7. The summed E-state index contributed by atoms with van der Waals surface area (Å²) in [6, 6.07) is 13.9. The number of rotatable bonds is 7. The van der Waals surface area contributed by atoms with Crippen LogP contribution in [0.15, 0.2) is 42.5 Å². The summed E-state index contributed by atoms with van der Waals surface area (Å²) in [5, 5.41) is 5.07. The Balaban J connectivity index is 1.68. The molecule has 1 amide bonds. The lowest BCUT2D eigenvalue weighted by Crippen LogP contribution is -2.21. The Morgan fingerprint density at radius 2 is 1.55 bits per heavy atom. The highest BCUT2D eigenvalue weighted by Crippen LogP contribution is 2.27. The van der Waals surface area contributed by atoms with Crippen LogP contribution in [0.2, 0.25) is 0 Å². The summed E-state index contributed by atoms with van der Waals surface area (Å²) >= 11 is 0. The van der Waals surface area contributed by atoms with Crippen molar-refractivity contribution in [3.63, 3.8) is 0 Å². The van der Waals surface area contributed by atoms with E-state index in [4.69, 9.17) is 9.47 Å². The number of aryl methyl sites for hydroxylation is 3. The van der Waals surface area contributed by atoms with Gasteiger partial charge in [-0.15, -0.1) is 0 Å². The number of benzene rings is 3. The first-order chi connectivity index (χ1) is 14.8. The third kappa shape index (κ3) is 5.43. The van der Waals surface area contributed by atoms with Crippen molar-refractivity contribution in [2.45, 2.75) is 40.5 Å². The zero-order valence-electron chi connectivity index (χ0n) is 18.8. The number of esters is 1. The number of ether oxygens (including phenoxy) is 2. The van der Waals surface area contributed by atoms with Gasteiger partial charge in [0.25, 0.3) is 5.91 Å². The molecule has 0 spiro atoms. The molecule has 162 valence electrons. The van der Waals surface area contributed by atoms with Crippen molar-refractivity contribution in [1.29, 1.82) is 0 Å². The molecule has 0 bridgehead atoms. The molecule has 0 unspecified atom stereocenters. The Hall–Kier alpha value is -3.34. The van der Waals surface area contributed by atoms with Gasteiger partial charge in [0.05, 0.1) is 7.11 Å².